The van der Waals surface area contributed by atoms with Gasteiger partial charge in [-0.25, -0.2) is 4.98 Å². The molecular weight excluding hydrogens is 368 g/mol. The first-order valence-electron chi connectivity index (χ1n) is 9.93. The first kappa shape index (κ1) is 19.1. The van der Waals surface area contributed by atoms with Crippen LogP contribution in [0, 0.1) is 0 Å². The van der Waals surface area contributed by atoms with Crippen molar-refractivity contribution in [1.29, 1.82) is 0 Å². The molecule has 1 unspecified atom stereocenters. The first-order valence-corrected chi connectivity index (χ1v) is 9.93. The van der Waals surface area contributed by atoms with Gasteiger partial charge in [0.1, 0.15) is 0 Å². The Labute approximate surface area is 169 Å². The monoisotopic (exact) mass is 392 g/mol. The molecule has 1 fully saturated rings. The summed E-state index contributed by atoms with van der Waals surface area (Å²) < 4.78 is 7.18. The van der Waals surface area contributed by atoms with Crippen molar-refractivity contribution < 1.29 is 14.3 Å². The number of aryl methyl sites for hydroxylation is 1. The minimum atomic E-state index is -0.367. The van der Waals surface area contributed by atoms with Gasteiger partial charge in [-0.05, 0) is 49.1 Å². The van der Waals surface area contributed by atoms with Crippen LogP contribution >= 0.6 is 0 Å². The fourth-order valence-electron chi connectivity index (χ4n) is 3.47. The summed E-state index contributed by atoms with van der Waals surface area (Å²) in [6.45, 7) is 3.25. The maximum Gasteiger partial charge on any atom is 0.292 e. The van der Waals surface area contributed by atoms with Gasteiger partial charge in [0.25, 0.3) is 11.8 Å². The Morgan fingerprint density at radius 1 is 1.17 bits per heavy atom. The topological polar surface area (TPSA) is 84.7 Å². The predicted molar refractivity (Wildman–Crippen MR) is 110 cm³/mol. The van der Waals surface area contributed by atoms with Crippen LogP contribution in [0.4, 0.5) is 5.69 Å². The molecule has 0 aliphatic carbocycles. The minimum absolute atomic E-state index is 0.0432. The minimum Gasteiger partial charge on any atom is -0.376 e. The summed E-state index contributed by atoms with van der Waals surface area (Å²) in [5, 5.41) is 5.73. The molecule has 1 aliphatic rings. The molecule has 0 saturated carbocycles. The number of amides is 2. The number of carbonyl (C=O) groups excluding carboxylic acids is 2. The number of rotatable bonds is 6. The van der Waals surface area contributed by atoms with Gasteiger partial charge in [-0.15, -0.1) is 0 Å². The SMILES string of the molecule is CCc1ccc(NC(=O)c2nc(C(=O)NCC3CCCO3)c3ccccn23)cc1. The molecule has 0 radical (unpaired) electrons. The van der Waals surface area contributed by atoms with E-state index in [1.807, 2.05) is 30.3 Å². The number of nitrogens with one attached hydrogen (secondary N) is 2. The summed E-state index contributed by atoms with van der Waals surface area (Å²) in [5.41, 5.74) is 2.70. The van der Waals surface area contributed by atoms with E-state index in [1.165, 1.54) is 5.56 Å². The number of hydrogen-bond donors (Lipinski definition) is 2. The number of nitrogens with zero attached hydrogens (tertiary/aromatic N) is 2. The predicted octanol–water partition coefficient (Wildman–Crippen LogP) is 3.06. The summed E-state index contributed by atoms with van der Waals surface area (Å²) in [5.74, 6) is -0.508. The Morgan fingerprint density at radius 2 is 2.00 bits per heavy atom. The van der Waals surface area contributed by atoms with Gasteiger partial charge in [0, 0.05) is 25.0 Å². The molecule has 150 valence electrons. The zero-order valence-corrected chi connectivity index (χ0v) is 16.4. The number of anilines is 1. The van der Waals surface area contributed by atoms with E-state index in [1.54, 1.807) is 22.7 Å². The van der Waals surface area contributed by atoms with Crippen molar-refractivity contribution in [3.05, 3.63) is 65.7 Å². The van der Waals surface area contributed by atoms with E-state index in [0.717, 1.165) is 25.9 Å². The standard InChI is InChI=1S/C22H24N4O3/c1-2-15-8-10-16(11-9-15)24-22(28)20-25-19(18-7-3-4-12-26(18)20)21(27)23-14-17-6-5-13-29-17/h3-4,7-12,17H,2,5-6,13-14H2,1H3,(H,23,27)(H,24,28). The van der Waals surface area contributed by atoms with Gasteiger partial charge < -0.3 is 15.4 Å². The van der Waals surface area contributed by atoms with Gasteiger partial charge >= 0.3 is 0 Å². The molecular formula is C22H24N4O3. The lowest BCUT2D eigenvalue weighted by Crippen LogP contribution is -2.32. The average Bonchev–Trinajstić information content (AvgIpc) is 3.40. The van der Waals surface area contributed by atoms with E-state index >= 15 is 0 Å². The smallest absolute Gasteiger partial charge is 0.292 e. The van der Waals surface area contributed by atoms with Gasteiger partial charge in [0.2, 0.25) is 5.82 Å². The molecule has 7 heteroatoms. The molecule has 2 amide bonds. The third kappa shape index (κ3) is 4.14. The van der Waals surface area contributed by atoms with Crippen LogP contribution < -0.4 is 10.6 Å². The largest absolute Gasteiger partial charge is 0.376 e. The van der Waals surface area contributed by atoms with E-state index in [-0.39, 0.29) is 29.4 Å². The molecule has 7 nitrogen and oxygen atoms in total. The zero-order chi connectivity index (χ0) is 20.2. The van der Waals surface area contributed by atoms with Crippen LogP contribution in [0.3, 0.4) is 0 Å². The first-order chi connectivity index (χ1) is 14.2. The van der Waals surface area contributed by atoms with Crippen molar-refractivity contribution in [2.24, 2.45) is 0 Å². The Hall–Kier alpha value is -3.19. The maximum atomic E-state index is 12.8. The Kier molecular flexibility index (Phi) is 5.57. The number of fused-ring (bicyclic) bond motifs is 1. The van der Waals surface area contributed by atoms with Gasteiger partial charge in [-0.3, -0.25) is 14.0 Å². The van der Waals surface area contributed by atoms with Crippen molar-refractivity contribution in [2.45, 2.75) is 32.3 Å². The van der Waals surface area contributed by atoms with Gasteiger partial charge in [-0.2, -0.15) is 0 Å². The second kappa shape index (κ2) is 8.45. The van der Waals surface area contributed by atoms with Gasteiger partial charge in [0.05, 0.1) is 11.6 Å². The molecule has 1 aliphatic heterocycles. The number of benzene rings is 1. The highest BCUT2D eigenvalue weighted by molar-refractivity contribution is 6.06. The Bertz CT molecular complexity index is 1020. The Morgan fingerprint density at radius 3 is 2.72 bits per heavy atom. The lowest BCUT2D eigenvalue weighted by molar-refractivity contribution is 0.0855. The van der Waals surface area contributed by atoms with E-state index < -0.39 is 0 Å². The van der Waals surface area contributed by atoms with Crippen LogP contribution in [-0.4, -0.2) is 40.5 Å². The molecule has 2 aromatic heterocycles. The summed E-state index contributed by atoms with van der Waals surface area (Å²) >= 11 is 0. The third-order valence-corrected chi connectivity index (χ3v) is 5.10. The third-order valence-electron chi connectivity index (χ3n) is 5.10. The van der Waals surface area contributed by atoms with Crippen molar-refractivity contribution in [3.63, 3.8) is 0 Å². The van der Waals surface area contributed by atoms with Crippen LogP contribution in [0.25, 0.3) is 5.52 Å². The molecule has 0 bridgehead atoms. The number of ether oxygens (including phenoxy) is 1. The second-order valence-electron chi connectivity index (χ2n) is 7.09. The summed E-state index contributed by atoms with van der Waals surface area (Å²) in [6.07, 6.45) is 4.66. The van der Waals surface area contributed by atoms with Crippen LogP contribution in [-0.2, 0) is 11.2 Å². The highest BCUT2D eigenvalue weighted by Crippen LogP contribution is 2.17. The normalized spacial score (nSPS) is 16.1. The van der Waals surface area contributed by atoms with Crippen molar-refractivity contribution >= 4 is 23.0 Å². The molecule has 29 heavy (non-hydrogen) atoms. The highest BCUT2D eigenvalue weighted by Gasteiger charge is 2.23. The second-order valence-corrected chi connectivity index (χ2v) is 7.09. The number of aromatic nitrogens is 2. The van der Waals surface area contributed by atoms with Crippen LogP contribution in [0.2, 0.25) is 0 Å². The van der Waals surface area contributed by atoms with Crippen molar-refractivity contribution in [3.8, 4) is 0 Å². The summed E-state index contributed by atoms with van der Waals surface area (Å²) in [4.78, 5) is 29.9. The van der Waals surface area contributed by atoms with E-state index in [4.69, 9.17) is 4.74 Å². The van der Waals surface area contributed by atoms with Crippen LogP contribution in [0.15, 0.2) is 48.7 Å². The van der Waals surface area contributed by atoms with Crippen LogP contribution in [0.5, 0.6) is 0 Å². The average molecular weight is 392 g/mol. The number of hydrogen-bond acceptors (Lipinski definition) is 4. The molecule has 1 atom stereocenters. The lowest BCUT2D eigenvalue weighted by Gasteiger charge is -2.09. The van der Waals surface area contributed by atoms with Gasteiger partial charge in [0.15, 0.2) is 5.69 Å². The molecule has 0 spiro atoms. The van der Waals surface area contributed by atoms with Crippen molar-refractivity contribution in [1.82, 2.24) is 14.7 Å². The number of imidazole rings is 1. The molecule has 2 N–H and O–H groups in total. The number of pyridine rings is 1. The number of carbonyl (C=O) groups is 2. The van der Waals surface area contributed by atoms with Crippen LogP contribution in [0.1, 0.15) is 46.4 Å². The fourth-order valence-corrected chi connectivity index (χ4v) is 3.47. The molecule has 1 saturated heterocycles. The quantitative estimate of drug-likeness (QED) is 0.675. The molecule has 1 aromatic carbocycles. The molecule has 3 heterocycles. The van der Waals surface area contributed by atoms with E-state index in [2.05, 4.69) is 22.5 Å². The lowest BCUT2D eigenvalue weighted by atomic mass is 10.1. The highest BCUT2D eigenvalue weighted by atomic mass is 16.5. The molecule has 3 aromatic rings. The van der Waals surface area contributed by atoms with Crippen molar-refractivity contribution in [2.75, 3.05) is 18.5 Å². The summed E-state index contributed by atoms with van der Waals surface area (Å²) in [7, 11) is 0. The molecule has 4 rings (SSSR count). The van der Waals surface area contributed by atoms with Gasteiger partial charge in [-0.1, -0.05) is 25.1 Å². The Balaban J connectivity index is 1.55. The zero-order valence-electron chi connectivity index (χ0n) is 16.4. The summed E-state index contributed by atoms with van der Waals surface area (Å²) in [6, 6.07) is 13.1. The fraction of sp³-hybridized carbons (Fsp3) is 0.318. The maximum absolute atomic E-state index is 12.8. The van der Waals surface area contributed by atoms with E-state index in [9.17, 15) is 9.59 Å². The van der Waals surface area contributed by atoms with E-state index in [0.29, 0.717) is 17.7 Å².